The molecule has 0 bridgehead atoms. The molecule has 0 saturated heterocycles. The van der Waals surface area contributed by atoms with E-state index in [1.807, 2.05) is 12.1 Å². The molecule has 1 aliphatic carbocycles. The molecule has 2 amide bonds. The van der Waals surface area contributed by atoms with Crippen LogP contribution in [0.25, 0.3) is 10.8 Å². The summed E-state index contributed by atoms with van der Waals surface area (Å²) in [7, 11) is 0. The van der Waals surface area contributed by atoms with Gasteiger partial charge in [-0.05, 0) is 73.5 Å². The third kappa shape index (κ3) is 5.89. The third-order valence-electron chi connectivity index (χ3n) is 6.04. The fourth-order valence-corrected chi connectivity index (χ4v) is 4.09. The minimum absolute atomic E-state index is 0.00208. The van der Waals surface area contributed by atoms with Crippen molar-refractivity contribution in [2.75, 3.05) is 13.1 Å². The van der Waals surface area contributed by atoms with Crippen LogP contribution in [0.2, 0.25) is 0 Å². The quantitative estimate of drug-likeness (QED) is 0.443. The van der Waals surface area contributed by atoms with Gasteiger partial charge >= 0.3 is 5.97 Å². The van der Waals surface area contributed by atoms with Crippen molar-refractivity contribution in [2.45, 2.75) is 31.8 Å². The molecule has 1 aromatic heterocycles. The number of carboxylic acid groups (broad SMARTS) is 1. The van der Waals surface area contributed by atoms with Crippen LogP contribution >= 0.6 is 0 Å². The van der Waals surface area contributed by atoms with E-state index in [-0.39, 0.29) is 23.8 Å². The van der Waals surface area contributed by atoms with Crippen molar-refractivity contribution in [1.29, 1.82) is 0 Å². The zero-order valence-corrected chi connectivity index (χ0v) is 18.7. The fraction of sp³-hybridized carbons (Fsp3) is 0.308. The number of rotatable bonds is 8. The topological polar surface area (TPSA) is 118 Å². The summed E-state index contributed by atoms with van der Waals surface area (Å²) in [5.41, 5.74) is 1.04. The van der Waals surface area contributed by atoms with Crippen LogP contribution in [-0.2, 0) is 4.79 Å². The highest BCUT2D eigenvalue weighted by molar-refractivity contribution is 5.98. The first-order valence-corrected chi connectivity index (χ1v) is 11.4. The van der Waals surface area contributed by atoms with Gasteiger partial charge in [-0.15, -0.1) is 0 Å². The predicted octanol–water partition coefficient (Wildman–Crippen LogP) is 3.42. The number of aromatic nitrogens is 1. The summed E-state index contributed by atoms with van der Waals surface area (Å²) < 4.78 is 5.94. The van der Waals surface area contributed by atoms with Crippen LogP contribution in [0.5, 0.6) is 5.75 Å². The molecular formula is C26H27N3O5. The Hall–Kier alpha value is -3.94. The second-order valence-corrected chi connectivity index (χ2v) is 8.40. The van der Waals surface area contributed by atoms with Gasteiger partial charge in [0.05, 0.1) is 12.0 Å². The summed E-state index contributed by atoms with van der Waals surface area (Å²) in [5, 5.41) is 16.6. The maximum atomic E-state index is 12.4. The van der Waals surface area contributed by atoms with Crippen molar-refractivity contribution in [2.24, 2.45) is 5.92 Å². The van der Waals surface area contributed by atoms with Gasteiger partial charge in [0.2, 0.25) is 0 Å². The van der Waals surface area contributed by atoms with Gasteiger partial charge in [-0.1, -0.05) is 6.07 Å². The Morgan fingerprint density at radius 2 is 1.50 bits per heavy atom. The normalized spacial score (nSPS) is 17.6. The Morgan fingerprint density at radius 3 is 2.18 bits per heavy atom. The van der Waals surface area contributed by atoms with E-state index >= 15 is 0 Å². The minimum Gasteiger partial charge on any atom is -0.490 e. The maximum absolute atomic E-state index is 12.4. The molecule has 0 aliphatic heterocycles. The molecule has 2 aromatic carbocycles. The number of carboxylic acids is 1. The molecular weight excluding hydrogens is 434 g/mol. The van der Waals surface area contributed by atoms with E-state index in [0.717, 1.165) is 10.8 Å². The highest BCUT2D eigenvalue weighted by Gasteiger charge is 2.26. The molecule has 0 unspecified atom stereocenters. The first-order chi connectivity index (χ1) is 16.5. The first kappa shape index (κ1) is 23.2. The van der Waals surface area contributed by atoms with Crippen molar-refractivity contribution in [3.63, 3.8) is 0 Å². The standard InChI is InChI=1S/C26H27N3O5/c30-24(18-3-7-22(8-4-18)34-23-9-5-19(6-10-23)26(32)33)28-13-14-29-25(31)20-2-1-17-11-12-27-16-21(17)15-20/h1-4,7-8,11-12,15-16,19,23H,5-6,9-10,13-14H2,(H,28,30)(H,29,31)(H,32,33)/t19-,23+. The van der Waals surface area contributed by atoms with Gasteiger partial charge in [0, 0.05) is 42.0 Å². The average molecular weight is 462 g/mol. The van der Waals surface area contributed by atoms with E-state index in [1.54, 1.807) is 48.8 Å². The summed E-state index contributed by atoms with van der Waals surface area (Å²) in [4.78, 5) is 39.9. The number of benzene rings is 2. The third-order valence-corrected chi connectivity index (χ3v) is 6.04. The van der Waals surface area contributed by atoms with E-state index in [1.165, 1.54) is 0 Å². The minimum atomic E-state index is -0.736. The number of carbonyl (C=O) groups is 3. The molecule has 176 valence electrons. The molecule has 1 heterocycles. The molecule has 1 fully saturated rings. The molecule has 3 N–H and O–H groups in total. The lowest BCUT2D eigenvalue weighted by Gasteiger charge is -2.26. The lowest BCUT2D eigenvalue weighted by atomic mass is 9.87. The monoisotopic (exact) mass is 461 g/mol. The Kier molecular flexibility index (Phi) is 7.37. The maximum Gasteiger partial charge on any atom is 0.306 e. The number of pyridine rings is 1. The molecule has 4 rings (SSSR count). The van der Waals surface area contributed by atoms with Gasteiger partial charge in [-0.2, -0.15) is 0 Å². The Bertz CT molecular complexity index is 1170. The summed E-state index contributed by atoms with van der Waals surface area (Å²) in [6, 6.07) is 14.2. The van der Waals surface area contributed by atoms with Crippen LogP contribution in [0.3, 0.4) is 0 Å². The molecule has 1 aliphatic rings. The van der Waals surface area contributed by atoms with Gasteiger partial charge in [0.25, 0.3) is 11.8 Å². The van der Waals surface area contributed by atoms with E-state index in [9.17, 15) is 14.4 Å². The van der Waals surface area contributed by atoms with Crippen molar-refractivity contribution in [3.8, 4) is 5.75 Å². The van der Waals surface area contributed by atoms with Crippen LogP contribution in [0, 0.1) is 5.92 Å². The lowest BCUT2D eigenvalue weighted by Crippen LogP contribution is -2.34. The zero-order chi connectivity index (χ0) is 23.9. The number of aliphatic carboxylic acids is 1. The number of nitrogens with one attached hydrogen (secondary N) is 2. The van der Waals surface area contributed by atoms with Gasteiger partial charge in [0.1, 0.15) is 5.75 Å². The van der Waals surface area contributed by atoms with Crippen LogP contribution in [0.1, 0.15) is 46.4 Å². The number of carbonyl (C=O) groups excluding carboxylic acids is 2. The van der Waals surface area contributed by atoms with Crippen LogP contribution in [0.4, 0.5) is 0 Å². The largest absolute Gasteiger partial charge is 0.490 e. The van der Waals surface area contributed by atoms with Crippen molar-refractivity contribution in [3.05, 3.63) is 72.1 Å². The summed E-state index contributed by atoms with van der Waals surface area (Å²) in [6.45, 7) is 0.598. The summed E-state index contributed by atoms with van der Waals surface area (Å²) in [6.07, 6.45) is 6.08. The number of nitrogens with zero attached hydrogens (tertiary/aromatic N) is 1. The van der Waals surface area contributed by atoms with Gasteiger partial charge in [-0.25, -0.2) is 0 Å². The van der Waals surface area contributed by atoms with Gasteiger partial charge < -0.3 is 20.5 Å². The van der Waals surface area contributed by atoms with Crippen molar-refractivity contribution < 1.29 is 24.2 Å². The number of fused-ring (bicyclic) bond motifs is 1. The highest BCUT2D eigenvalue weighted by Crippen LogP contribution is 2.28. The van der Waals surface area contributed by atoms with E-state index in [2.05, 4.69) is 15.6 Å². The molecule has 3 aromatic rings. The van der Waals surface area contributed by atoms with E-state index in [4.69, 9.17) is 9.84 Å². The second-order valence-electron chi connectivity index (χ2n) is 8.40. The number of hydrogen-bond acceptors (Lipinski definition) is 5. The zero-order valence-electron chi connectivity index (χ0n) is 18.7. The van der Waals surface area contributed by atoms with Crippen LogP contribution in [0.15, 0.2) is 60.9 Å². The summed E-state index contributed by atoms with van der Waals surface area (Å²) >= 11 is 0. The molecule has 34 heavy (non-hydrogen) atoms. The fourth-order valence-electron chi connectivity index (χ4n) is 4.09. The first-order valence-electron chi connectivity index (χ1n) is 11.4. The van der Waals surface area contributed by atoms with Crippen molar-refractivity contribution in [1.82, 2.24) is 15.6 Å². The molecule has 0 spiro atoms. The van der Waals surface area contributed by atoms with E-state index < -0.39 is 5.97 Å². The van der Waals surface area contributed by atoms with Crippen LogP contribution in [-0.4, -0.2) is 47.1 Å². The molecule has 0 atom stereocenters. The number of hydrogen-bond donors (Lipinski definition) is 3. The average Bonchev–Trinajstić information content (AvgIpc) is 2.87. The predicted molar refractivity (Wildman–Crippen MR) is 127 cm³/mol. The van der Waals surface area contributed by atoms with Crippen LogP contribution < -0.4 is 15.4 Å². The smallest absolute Gasteiger partial charge is 0.306 e. The lowest BCUT2D eigenvalue weighted by molar-refractivity contribution is -0.143. The number of ether oxygens (including phenoxy) is 1. The van der Waals surface area contributed by atoms with Gasteiger partial charge in [0.15, 0.2) is 0 Å². The molecule has 8 heteroatoms. The second kappa shape index (κ2) is 10.8. The molecule has 8 nitrogen and oxygen atoms in total. The van der Waals surface area contributed by atoms with Crippen molar-refractivity contribution >= 4 is 28.6 Å². The Balaban J connectivity index is 1.19. The van der Waals surface area contributed by atoms with Gasteiger partial charge in [-0.3, -0.25) is 19.4 Å². The Labute approximate surface area is 197 Å². The summed E-state index contributed by atoms with van der Waals surface area (Å²) in [5.74, 6) is -0.799. The Morgan fingerprint density at radius 1 is 0.853 bits per heavy atom. The molecule has 1 saturated carbocycles. The SMILES string of the molecule is O=C(NCCNC(=O)c1ccc2ccncc2c1)c1ccc(O[C@H]2CC[C@@H](C(=O)O)CC2)cc1. The van der Waals surface area contributed by atoms with E-state index in [0.29, 0.717) is 55.6 Å². The number of amides is 2. The highest BCUT2D eigenvalue weighted by atomic mass is 16.5. The molecule has 0 radical (unpaired) electrons.